The van der Waals surface area contributed by atoms with E-state index in [0.717, 1.165) is 43.0 Å². The molecular weight excluding hydrogens is 254 g/mol. The molecule has 112 valence electrons. The maximum Gasteiger partial charge on any atom is 0.221 e. The average molecular weight is 279 g/mol. The molecule has 1 aromatic heterocycles. The van der Waals surface area contributed by atoms with E-state index in [4.69, 9.17) is 4.74 Å². The molecule has 1 fully saturated rings. The van der Waals surface area contributed by atoms with Crippen LogP contribution in [0.2, 0.25) is 0 Å². The summed E-state index contributed by atoms with van der Waals surface area (Å²) in [7, 11) is 0. The van der Waals surface area contributed by atoms with E-state index in [-0.39, 0.29) is 0 Å². The van der Waals surface area contributed by atoms with Crippen LogP contribution in [0, 0.1) is 12.8 Å². The summed E-state index contributed by atoms with van der Waals surface area (Å²) in [5.74, 6) is 2.07. The van der Waals surface area contributed by atoms with Crippen molar-refractivity contribution in [2.75, 3.05) is 18.5 Å². The first kappa shape index (κ1) is 15.0. The van der Waals surface area contributed by atoms with E-state index in [9.17, 15) is 5.11 Å². The number of hydrogen-bond acceptors (Lipinski definition) is 5. The van der Waals surface area contributed by atoms with Gasteiger partial charge < -0.3 is 15.2 Å². The normalized spacial score (nSPS) is 26.3. The summed E-state index contributed by atoms with van der Waals surface area (Å²) in [6, 6.07) is 0. The standard InChI is InChI=1S/C15H25N3O2/c1-4-20-14-12(3)13(17-10-18-14)16-9-15(19)7-5-11(2)6-8-15/h10-11,19H,4-9H2,1-3H3,(H,16,17,18). The highest BCUT2D eigenvalue weighted by Crippen LogP contribution is 2.32. The first-order valence-electron chi connectivity index (χ1n) is 7.45. The molecule has 5 heteroatoms. The van der Waals surface area contributed by atoms with Crippen LogP contribution in [0.25, 0.3) is 0 Å². The Hall–Kier alpha value is -1.36. The fourth-order valence-electron chi connectivity index (χ4n) is 2.62. The second kappa shape index (κ2) is 6.39. The van der Waals surface area contributed by atoms with Gasteiger partial charge in [-0.1, -0.05) is 6.92 Å². The zero-order valence-electron chi connectivity index (χ0n) is 12.6. The van der Waals surface area contributed by atoms with Crippen molar-refractivity contribution < 1.29 is 9.84 Å². The zero-order chi connectivity index (χ0) is 14.6. The lowest BCUT2D eigenvalue weighted by atomic mass is 9.79. The minimum absolute atomic E-state index is 0.531. The molecule has 0 bridgehead atoms. The Bertz CT molecular complexity index is 443. The number of anilines is 1. The minimum Gasteiger partial charge on any atom is -0.478 e. The third-order valence-electron chi connectivity index (χ3n) is 4.11. The molecule has 1 saturated carbocycles. The van der Waals surface area contributed by atoms with Gasteiger partial charge in [-0.3, -0.25) is 0 Å². The quantitative estimate of drug-likeness (QED) is 0.867. The molecule has 1 aromatic rings. The van der Waals surface area contributed by atoms with Crippen molar-refractivity contribution in [1.82, 2.24) is 9.97 Å². The number of nitrogens with zero attached hydrogens (tertiary/aromatic N) is 2. The SMILES string of the molecule is CCOc1ncnc(NCC2(O)CCC(C)CC2)c1C. The van der Waals surface area contributed by atoms with Crippen molar-refractivity contribution in [2.24, 2.45) is 5.92 Å². The van der Waals surface area contributed by atoms with Crippen molar-refractivity contribution in [3.05, 3.63) is 11.9 Å². The summed E-state index contributed by atoms with van der Waals surface area (Å²) >= 11 is 0. The van der Waals surface area contributed by atoms with Gasteiger partial charge in [0.25, 0.3) is 0 Å². The van der Waals surface area contributed by atoms with Crippen molar-refractivity contribution in [3.8, 4) is 5.88 Å². The van der Waals surface area contributed by atoms with Crippen LogP contribution in [0.5, 0.6) is 5.88 Å². The molecule has 0 aliphatic heterocycles. The topological polar surface area (TPSA) is 67.3 Å². The molecule has 5 nitrogen and oxygen atoms in total. The number of hydrogen-bond donors (Lipinski definition) is 2. The third-order valence-corrected chi connectivity index (χ3v) is 4.11. The molecule has 0 atom stereocenters. The molecule has 2 rings (SSSR count). The fraction of sp³-hybridized carbons (Fsp3) is 0.733. The van der Waals surface area contributed by atoms with Gasteiger partial charge in [0.1, 0.15) is 12.1 Å². The van der Waals surface area contributed by atoms with Gasteiger partial charge in [-0.25, -0.2) is 9.97 Å². The van der Waals surface area contributed by atoms with Crippen LogP contribution in [0.15, 0.2) is 6.33 Å². The second-order valence-electron chi connectivity index (χ2n) is 5.85. The van der Waals surface area contributed by atoms with Gasteiger partial charge in [0.2, 0.25) is 5.88 Å². The van der Waals surface area contributed by atoms with Crippen LogP contribution in [0.4, 0.5) is 5.82 Å². The highest BCUT2D eigenvalue weighted by Gasteiger charge is 2.31. The highest BCUT2D eigenvalue weighted by molar-refractivity contribution is 5.47. The van der Waals surface area contributed by atoms with E-state index in [0.29, 0.717) is 19.0 Å². The first-order valence-corrected chi connectivity index (χ1v) is 7.45. The van der Waals surface area contributed by atoms with Gasteiger partial charge in [0.05, 0.1) is 17.8 Å². The average Bonchev–Trinajstić information content (AvgIpc) is 2.44. The largest absolute Gasteiger partial charge is 0.478 e. The summed E-state index contributed by atoms with van der Waals surface area (Å²) in [6.45, 7) is 7.22. The monoisotopic (exact) mass is 279 g/mol. The predicted molar refractivity (Wildman–Crippen MR) is 79.0 cm³/mol. The van der Waals surface area contributed by atoms with Crippen LogP contribution >= 0.6 is 0 Å². The van der Waals surface area contributed by atoms with E-state index in [1.54, 1.807) is 0 Å². The molecule has 1 aliphatic rings. The van der Waals surface area contributed by atoms with E-state index in [1.165, 1.54) is 6.33 Å². The molecule has 1 heterocycles. The molecular formula is C15H25N3O2. The van der Waals surface area contributed by atoms with Crippen molar-refractivity contribution in [1.29, 1.82) is 0 Å². The minimum atomic E-state index is -0.615. The van der Waals surface area contributed by atoms with Gasteiger partial charge in [0.15, 0.2) is 0 Å². The number of aromatic nitrogens is 2. The van der Waals surface area contributed by atoms with E-state index >= 15 is 0 Å². The molecule has 0 spiro atoms. The Morgan fingerprint density at radius 2 is 2.10 bits per heavy atom. The van der Waals surface area contributed by atoms with Crippen molar-refractivity contribution in [2.45, 2.75) is 52.1 Å². The van der Waals surface area contributed by atoms with Crippen LogP contribution in [-0.4, -0.2) is 33.8 Å². The Kier molecular flexibility index (Phi) is 4.81. The molecule has 0 radical (unpaired) electrons. The highest BCUT2D eigenvalue weighted by atomic mass is 16.5. The molecule has 20 heavy (non-hydrogen) atoms. The van der Waals surface area contributed by atoms with E-state index < -0.39 is 5.60 Å². The molecule has 0 unspecified atom stereocenters. The molecule has 1 aliphatic carbocycles. The summed E-state index contributed by atoms with van der Waals surface area (Å²) in [5.41, 5.74) is 0.275. The summed E-state index contributed by atoms with van der Waals surface area (Å²) < 4.78 is 5.45. The van der Waals surface area contributed by atoms with Gasteiger partial charge in [-0.05, 0) is 45.4 Å². The predicted octanol–water partition coefficient (Wildman–Crippen LogP) is 2.54. The molecule has 0 saturated heterocycles. The van der Waals surface area contributed by atoms with Crippen LogP contribution in [0.3, 0.4) is 0 Å². The van der Waals surface area contributed by atoms with Gasteiger partial charge in [-0.15, -0.1) is 0 Å². The summed E-state index contributed by atoms with van der Waals surface area (Å²) in [6.07, 6.45) is 5.37. The van der Waals surface area contributed by atoms with Crippen LogP contribution in [-0.2, 0) is 0 Å². The Labute approximate surface area is 120 Å². The molecule has 0 aromatic carbocycles. The lowest BCUT2D eigenvalue weighted by Gasteiger charge is -2.35. The first-order chi connectivity index (χ1) is 9.54. The summed E-state index contributed by atoms with van der Waals surface area (Å²) in [5, 5.41) is 13.8. The number of rotatable bonds is 5. The Morgan fingerprint density at radius 3 is 2.75 bits per heavy atom. The van der Waals surface area contributed by atoms with E-state index in [2.05, 4.69) is 22.2 Å². The fourth-order valence-corrected chi connectivity index (χ4v) is 2.62. The van der Waals surface area contributed by atoms with Crippen LogP contribution in [0.1, 0.15) is 45.1 Å². The van der Waals surface area contributed by atoms with Crippen molar-refractivity contribution in [3.63, 3.8) is 0 Å². The number of ether oxygens (including phenoxy) is 1. The maximum absolute atomic E-state index is 10.6. The smallest absolute Gasteiger partial charge is 0.221 e. The maximum atomic E-state index is 10.6. The Balaban J connectivity index is 1.98. The lowest BCUT2D eigenvalue weighted by Crippen LogP contribution is -2.40. The summed E-state index contributed by atoms with van der Waals surface area (Å²) in [4.78, 5) is 8.35. The lowest BCUT2D eigenvalue weighted by molar-refractivity contribution is 0.00493. The third kappa shape index (κ3) is 3.60. The van der Waals surface area contributed by atoms with Gasteiger partial charge in [-0.2, -0.15) is 0 Å². The molecule has 2 N–H and O–H groups in total. The number of aliphatic hydroxyl groups is 1. The van der Waals surface area contributed by atoms with Crippen LogP contribution < -0.4 is 10.1 Å². The van der Waals surface area contributed by atoms with Gasteiger partial charge in [0, 0.05) is 6.54 Å². The second-order valence-corrected chi connectivity index (χ2v) is 5.85. The number of nitrogens with one attached hydrogen (secondary N) is 1. The Morgan fingerprint density at radius 1 is 1.40 bits per heavy atom. The van der Waals surface area contributed by atoms with Crippen molar-refractivity contribution >= 4 is 5.82 Å². The van der Waals surface area contributed by atoms with E-state index in [1.807, 2.05) is 13.8 Å². The molecule has 0 amide bonds. The van der Waals surface area contributed by atoms with Gasteiger partial charge >= 0.3 is 0 Å². The zero-order valence-corrected chi connectivity index (χ0v) is 12.6.